The molecule has 8 nitrogen and oxygen atoms in total. The number of amides is 2. The van der Waals surface area contributed by atoms with E-state index in [-0.39, 0.29) is 40.2 Å². The summed E-state index contributed by atoms with van der Waals surface area (Å²) in [5.41, 5.74) is 0.959. The van der Waals surface area contributed by atoms with Crippen molar-refractivity contribution in [1.29, 1.82) is 0 Å². The van der Waals surface area contributed by atoms with E-state index in [9.17, 15) is 27.4 Å². The molecule has 0 saturated carbocycles. The molecule has 0 spiro atoms. The predicted molar refractivity (Wildman–Crippen MR) is 74.4 cm³/mol. The first kappa shape index (κ1) is 20.3. The number of benzene rings is 1. The van der Waals surface area contributed by atoms with Gasteiger partial charge in [-0.3, -0.25) is 9.59 Å². The number of alkyl halides is 1. The molecule has 1 fully saturated rings. The Morgan fingerprint density at radius 1 is 1.30 bits per heavy atom. The molecule has 1 heterocycles. The first-order valence-corrected chi connectivity index (χ1v) is 8.52. The van der Waals surface area contributed by atoms with Gasteiger partial charge < -0.3 is 9.39 Å². The Hall–Kier alpha value is -0.780. The Morgan fingerprint density at radius 2 is 1.87 bits per heavy atom. The predicted octanol–water partition coefficient (Wildman–Crippen LogP) is -2.67. The minimum Gasteiger partial charge on any atom is -0.747 e. The molecule has 1 saturated heterocycles. The molecule has 0 N–H and O–H groups in total. The maximum absolute atomic E-state index is 11.8. The molecule has 2 rings (SSSR count). The Kier molecular flexibility index (Phi) is 6.93. The van der Waals surface area contributed by atoms with Crippen molar-refractivity contribution in [2.75, 3.05) is 0 Å². The van der Waals surface area contributed by atoms with Crippen LogP contribution < -0.4 is 29.6 Å². The van der Waals surface area contributed by atoms with Crippen molar-refractivity contribution in [2.24, 2.45) is 0 Å². The van der Waals surface area contributed by atoms with Crippen LogP contribution in [0.1, 0.15) is 22.3 Å². The monoisotopic (exact) mass is 413 g/mol. The van der Waals surface area contributed by atoms with Crippen LogP contribution in [0.25, 0.3) is 0 Å². The summed E-state index contributed by atoms with van der Waals surface area (Å²) in [4.78, 5) is 39.6. The van der Waals surface area contributed by atoms with Gasteiger partial charge in [0, 0.05) is 5.33 Å². The van der Waals surface area contributed by atoms with E-state index in [0.29, 0.717) is 5.33 Å². The van der Waals surface area contributed by atoms with Crippen molar-refractivity contribution in [2.45, 2.75) is 17.0 Å². The van der Waals surface area contributed by atoms with Gasteiger partial charge in [0.25, 0.3) is 11.8 Å². The molecule has 1 unspecified atom stereocenters. The van der Waals surface area contributed by atoms with Crippen molar-refractivity contribution in [3.8, 4) is 0 Å². The normalized spacial score (nSPS) is 17.8. The molecule has 0 aromatic heterocycles. The molecular formula is C12H9BrNNaO7S. The van der Waals surface area contributed by atoms with Gasteiger partial charge in [0.05, 0.1) is 12.0 Å². The molecule has 1 aliphatic heterocycles. The van der Waals surface area contributed by atoms with Crippen molar-refractivity contribution in [1.82, 2.24) is 5.06 Å². The third-order valence-corrected chi connectivity index (χ3v) is 4.64. The largest absolute Gasteiger partial charge is 1.00 e. The maximum Gasteiger partial charge on any atom is 1.00 e. The van der Waals surface area contributed by atoms with Gasteiger partial charge in [0.2, 0.25) is 0 Å². The van der Waals surface area contributed by atoms with Gasteiger partial charge in [-0.2, -0.15) is 0 Å². The van der Waals surface area contributed by atoms with E-state index >= 15 is 0 Å². The fourth-order valence-corrected chi connectivity index (χ4v) is 2.83. The van der Waals surface area contributed by atoms with Crippen molar-refractivity contribution in [3.05, 3.63) is 35.4 Å². The number of rotatable bonds is 4. The summed E-state index contributed by atoms with van der Waals surface area (Å²) < 4.78 is 32.6. The Balaban J connectivity index is 0.00000264. The third kappa shape index (κ3) is 4.61. The first-order valence-electron chi connectivity index (χ1n) is 5.92. The van der Waals surface area contributed by atoms with Gasteiger partial charge in [-0.1, -0.05) is 28.1 Å². The molecule has 0 aliphatic carbocycles. The average Bonchev–Trinajstić information content (AvgIpc) is 2.75. The second kappa shape index (κ2) is 7.86. The summed E-state index contributed by atoms with van der Waals surface area (Å²) in [5.74, 6) is -3.42. The minimum atomic E-state index is -4.99. The van der Waals surface area contributed by atoms with Crippen LogP contribution in [-0.2, 0) is 29.9 Å². The van der Waals surface area contributed by atoms with Gasteiger partial charge in [-0.15, -0.1) is 5.06 Å². The average molecular weight is 414 g/mol. The van der Waals surface area contributed by atoms with E-state index in [1.54, 1.807) is 12.1 Å². The molecule has 0 bridgehead atoms. The summed E-state index contributed by atoms with van der Waals surface area (Å²) in [6.07, 6.45) is -0.833. The third-order valence-electron chi connectivity index (χ3n) is 2.93. The fraction of sp³-hybridized carbons (Fsp3) is 0.250. The van der Waals surface area contributed by atoms with Crippen molar-refractivity contribution < 1.29 is 61.7 Å². The molecular weight excluding hydrogens is 405 g/mol. The smallest absolute Gasteiger partial charge is 0.747 e. The zero-order valence-electron chi connectivity index (χ0n) is 11.9. The number of hydroxylamine groups is 2. The standard InChI is InChI=1S/C12H10BrNO7S.Na/c13-6-7-1-3-8(4-2-7)12(17)21-14-10(15)5-9(11(14)16)22(18,19)20;/h1-4,9H,5-6H2,(H,18,19,20);/q;+1/p-1. The fourth-order valence-electron chi connectivity index (χ4n) is 1.77. The van der Waals surface area contributed by atoms with Crippen LogP contribution >= 0.6 is 15.9 Å². The number of carbonyl (C=O) groups excluding carboxylic acids is 3. The van der Waals surface area contributed by atoms with Gasteiger partial charge >= 0.3 is 35.5 Å². The number of nitrogens with zero attached hydrogens (tertiary/aromatic N) is 1. The van der Waals surface area contributed by atoms with Crippen LogP contribution in [0.2, 0.25) is 0 Å². The Morgan fingerprint density at radius 3 is 2.30 bits per heavy atom. The summed E-state index contributed by atoms with van der Waals surface area (Å²) in [6, 6.07) is 6.10. The van der Waals surface area contributed by atoms with E-state index in [1.165, 1.54) is 12.1 Å². The molecule has 11 heteroatoms. The molecule has 1 aliphatic rings. The summed E-state index contributed by atoms with van der Waals surface area (Å²) in [5, 5.41) is -1.45. The number of imide groups is 1. The molecule has 23 heavy (non-hydrogen) atoms. The second-order valence-corrected chi connectivity index (χ2v) is 6.54. The van der Waals surface area contributed by atoms with Crippen molar-refractivity contribution in [3.63, 3.8) is 0 Å². The number of carbonyl (C=O) groups is 3. The molecule has 1 aromatic carbocycles. The zero-order valence-corrected chi connectivity index (χ0v) is 16.3. The summed E-state index contributed by atoms with van der Waals surface area (Å²) in [6.45, 7) is 0. The zero-order chi connectivity index (χ0) is 16.5. The molecule has 118 valence electrons. The van der Waals surface area contributed by atoms with Crippen LogP contribution in [0.3, 0.4) is 0 Å². The number of hydrogen-bond acceptors (Lipinski definition) is 7. The first-order chi connectivity index (χ1) is 10.2. The van der Waals surface area contributed by atoms with Crippen LogP contribution in [0.15, 0.2) is 24.3 Å². The van der Waals surface area contributed by atoms with Crippen LogP contribution in [0, 0.1) is 0 Å². The van der Waals surface area contributed by atoms with Crippen molar-refractivity contribution >= 4 is 43.8 Å². The Labute approximate surface area is 162 Å². The number of hydrogen-bond donors (Lipinski definition) is 0. The van der Waals surface area contributed by atoms with E-state index in [2.05, 4.69) is 20.8 Å². The summed E-state index contributed by atoms with van der Waals surface area (Å²) in [7, 11) is -4.99. The second-order valence-electron chi connectivity index (χ2n) is 4.42. The van der Waals surface area contributed by atoms with Crippen LogP contribution in [0.4, 0.5) is 0 Å². The maximum atomic E-state index is 11.8. The molecule has 2 amide bonds. The molecule has 1 aromatic rings. The van der Waals surface area contributed by atoms with E-state index < -0.39 is 39.6 Å². The topological polar surface area (TPSA) is 121 Å². The number of halogens is 1. The van der Waals surface area contributed by atoms with Gasteiger partial charge in [-0.25, -0.2) is 13.2 Å². The van der Waals surface area contributed by atoms with E-state index in [1.807, 2.05) is 0 Å². The van der Waals surface area contributed by atoms with Gasteiger partial charge in [0.15, 0.2) is 0 Å². The van der Waals surface area contributed by atoms with Gasteiger partial charge in [0.1, 0.15) is 15.4 Å². The summed E-state index contributed by atoms with van der Waals surface area (Å²) >= 11 is 3.23. The Bertz CT molecular complexity index is 734. The van der Waals surface area contributed by atoms with Crippen LogP contribution in [0.5, 0.6) is 0 Å². The van der Waals surface area contributed by atoms with E-state index in [0.717, 1.165) is 5.56 Å². The van der Waals surface area contributed by atoms with Crippen LogP contribution in [-0.4, -0.2) is 41.1 Å². The minimum absolute atomic E-state index is 0. The van der Waals surface area contributed by atoms with Gasteiger partial charge in [-0.05, 0) is 17.7 Å². The van der Waals surface area contributed by atoms with E-state index in [4.69, 9.17) is 0 Å². The molecule has 0 radical (unpaired) electrons. The quantitative estimate of drug-likeness (QED) is 0.228. The SMILES string of the molecule is O=C(ON1C(=O)CC(S(=O)(=O)[O-])C1=O)c1ccc(CBr)cc1.[Na+]. The molecule has 1 atom stereocenters.